The molecule has 2 heterocycles. The van der Waals surface area contributed by atoms with Gasteiger partial charge in [-0.15, -0.1) is 11.6 Å². The Bertz CT molecular complexity index is 632. The van der Waals surface area contributed by atoms with Crippen LogP contribution in [0.25, 0.3) is 11.0 Å². The number of aromatic nitrogens is 2. The van der Waals surface area contributed by atoms with Crippen LogP contribution < -0.4 is 4.74 Å². The second-order valence-electron chi connectivity index (χ2n) is 5.67. The fraction of sp³-hybridized carbons (Fsp3) is 0.562. The fourth-order valence-electron chi connectivity index (χ4n) is 3.07. The Kier molecular flexibility index (Phi) is 4.09. The van der Waals surface area contributed by atoms with E-state index in [4.69, 9.17) is 26.1 Å². The van der Waals surface area contributed by atoms with Crippen LogP contribution >= 0.6 is 11.6 Å². The van der Waals surface area contributed by atoms with Gasteiger partial charge in [-0.2, -0.15) is 0 Å². The molecule has 3 atom stereocenters. The van der Waals surface area contributed by atoms with Crippen molar-refractivity contribution in [3.63, 3.8) is 0 Å². The standard InChI is InChI=1S/C16H21ClN2O2/c1-10(17)16-18-14-5-4-13(20-3)8-15(14)19(16)11(2)12-6-7-21-9-12/h4-5,8,10-12H,6-7,9H2,1-3H3. The summed E-state index contributed by atoms with van der Waals surface area (Å²) in [5.74, 6) is 2.26. The van der Waals surface area contributed by atoms with Gasteiger partial charge in [0.25, 0.3) is 0 Å². The summed E-state index contributed by atoms with van der Waals surface area (Å²) in [4.78, 5) is 4.71. The molecule has 2 aromatic rings. The molecule has 0 saturated carbocycles. The molecule has 0 radical (unpaired) electrons. The van der Waals surface area contributed by atoms with E-state index in [0.717, 1.165) is 42.2 Å². The third-order valence-corrected chi connectivity index (χ3v) is 4.53. The number of benzene rings is 1. The second kappa shape index (κ2) is 5.85. The zero-order valence-corrected chi connectivity index (χ0v) is 13.4. The van der Waals surface area contributed by atoms with E-state index in [1.807, 2.05) is 25.1 Å². The van der Waals surface area contributed by atoms with E-state index < -0.39 is 0 Å². The van der Waals surface area contributed by atoms with Crippen molar-refractivity contribution in [1.82, 2.24) is 9.55 Å². The van der Waals surface area contributed by atoms with Gasteiger partial charge in [0.2, 0.25) is 0 Å². The number of methoxy groups -OCH3 is 1. The predicted octanol–water partition coefficient (Wildman–Crippen LogP) is 3.94. The third kappa shape index (κ3) is 2.62. The van der Waals surface area contributed by atoms with E-state index in [2.05, 4.69) is 11.5 Å². The summed E-state index contributed by atoms with van der Waals surface area (Å²) in [5.41, 5.74) is 2.04. The monoisotopic (exact) mass is 308 g/mol. The number of rotatable bonds is 4. The number of hydrogen-bond donors (Lipinski definition) is 0. The minimum Gasteiger partial charge on any atom is -0.497 e. The van der Waals surface area contributed by atoms with Crippen molar-refractivity contribution >= 4 is 22.6 Å². The summed E-state index contributed by atoms with van der Waals surface area (Å²) < 4.78 is 13.2. The molecule has 4 nitrogen and oxygen atoms in total. The smallest absolute Gasteiger partial charge is 0.127 e. The lowest BCUT2D eigenvalue weighted by Gasteiger charge is -2.23. The topological polar surface area (TPSA) is 36.3 Å². The minimum absolute atomic E-state index is 0.131. The maximum atomic E-state index is 6.36. The SMILES string of the molecule is COc1ccc2nc(C(C)Cl)n(C(C)C3CCOC3)c2c1. The molecule has 0 amide bonds. The highest BCUT2D eigenvalue weighted by atomic mass is 35.5. The van der Waals surface area contributed by atoms with Crippen LogP contribution in [0.15, 0.2) is 18.2 Å². The van der Waals surface area contributed by atoms with Gasteiger partial charge in [-0.25, -0.2) is 4.98 Å². The van der Waals surface area contributed by atoms with Crippen molar-refractivity contribution in [2.24, 2.45) is 5.92 Å². The van der Waals surface area contributed by atoms with Gasteiger partial charge in [0.15, 0.2) is 0 Å². The molecule has 1 aromatic carbocycles. The summed E-state index contributed by atoms with van der Waals surface area (Å²) >= 11 is 6.36. The zero-order chi connectivity index (χ0) is 15.0. The molecule has 3 unspecified atom stereocenters. The van der Waals surface area contributed by atoms with Gasteiger partial charge in [0, 0.05) is 24.6 Å². The molecule has 1 aromatic heterocycles. The second-order valence-corrected chi connectivity index (χ2v) is 6.33. The van der Waals surface area contributed by atoms with Gasteiger partial charge in [-0.1, -0.05) is 0 Å². The molecule has 1 saturated heterocycles. The summed E-state index contributed by atoms with van der Waals surface area (Å²) in [5, 5.41) is -0.131. The highest BCUT2D eigenvalue weighted by Crippen LogP contribution is 2.35. The van der Waals surface area contributed by atoms with Crippen molar-refractivity contribution in [3.05, 3.63) is 24.0 Å². The first-order valence-corrected chi connectivity index (χ1v) is 7.83. The largest absolute Gasteiger partial charge is 0.497 e. The molecule has 1 fully saturated rings. The number of hydrogen-bond acceptors (Lipinski definition) is 3. The normalized spacial score (nSPS) is 21.6. The summed E-state index contributed by atoms with van der Waals surface area (Å²) in [7, 11) is 1.68. The molecule has 114 valence electrons. The molecule has 5 heteroatoms. The average molecular weight is 309 g/mol. The Hall–Kier alpha value is -1.26. The van der Waals surface area contributed by atoms with Gasteiger partial charge >= 0.3 is 0 Å². The van der Waals surface area contributed by atoms with Crippen molar-refractivity contribution in [3.8, 4) is 5.75 Å². The molecule has 1 aliphatic rings. The number of fused-ring (bicyclic) bond motifs is 1. The number of imidazole rings is 1. The molecular formula is C16H21ClN2O2. The average Bonchev–Trinajstić information content (AvgIpc) is 3.13. The lowest BCUT2D eigenvalue weighted by atomic mass is 10.00. The number of nitrogens with zero attached hydrogens (tertiary/aromatic N) is 2. The van der Waals surface area contributed by atoms with Gasteiger partial charge in [0.1, 0.15) is 11.6 Å². The predicted molar refractivity (Wildman–Crippen MR) is 84.2 cm³/mol. The Morgan fingerprint density at radius 1 is 1.43 bits per heavy atom. The molecule has 0 bridgehead atoms. The molecule has 21 heavy (non-hydrogen) atoms. The number of ether oxygens (including phenoxy) is 2. The van der Waals surface area contributed by atoms with Crippen molar-refractivity contribution in [2.75, 3.05) is 20.3 Å². The first kappa shape index (κ1) is 14.7. The molecule has 0 spiro atoms. The molecule has 0 aliphatic carbocycles. The Morgan fingerprint density at radius 2 is 2.24 bits per heavy atom. The van der Waals surface area contributed by atoms with E-state index >= 15 is 0 Å². The van der Waals surface area contributed by atoms with Crippen LogP contribution in [0.4, 0.5) is 0 Å². The first-order valence-electron chi connectivity index (χ1n) is 7.39. The molecule has 0 N–H and O–H groups in total. The quantitative estimate of drug-likeness (QED) is 0.803. The number of halogens is 1. The van der Waals surface area contributed by atoms with Crippen LogP contribution in [-0.2, 0) is 4.74 Å². The van der Waals surface area contributed by atoms with Gasteiger partial charge < -0.3 is 14.0 Å². The van der Waals surface area contributed by atoms with Gasteiger partial charge in [-0.3, -0.25) is 0 Å². The first-order chi connectivity index (χ1) is 10.1. The van der Waals surface area contributed by atoms with Crippen molar-refractivity contribution in [1.29, 1.82) is 0 Å². The lowest BCUT2D eigenvalue weighted by molar-refractivity contribution is 0.175. The minimum atomic E-state index is -0.131. The maximum absolute atomic E-state index is 6.36. The van der Waals surface area contributed by atoms with E-state index in [1.165, 1.54) is 0 Å². The van der Waals surface area contributed by atoms with Crippen LogP contribution in [0.5, 0.6) is 5.75 Å². The van der Waals surface area contributed by atoms with Crippen molar-refractivity contribution < 1.29 is 9.47 Å². The highest BCUT2D eigenvalue weighted by molar-refractivity contribution is 6.20. The van der Waals surface area contributed by atoms with Gasteiger partial charge in [0.05, 0.1) is 30.1 Å². The maximum Gasteiger partial charge on any atom is 0.127 e. The van der Waals surface area contributed by atoms with Crippen LogP contribution in [0, 0.1) is 5.92 Å². The van der Waals surface area contributed by atoms with Crippen molar-refractivity contribution in [2.45, 2.75) is 31.7 Å². The van der Waals surface area contributed by atoms with Crippen LogP contribution in [0.3, 0.4) is 0 Å². The summed E-state index contributed by atoms with van der Waals surface area (Å²) in [6, 6.07) is 6.27. The van der Waals surface area contributed by atoms with E-state index in [0.29, 0.717) is 12.0 Å². The number of alkyl halides is 1. The molecule has 1 aliphatic heterocycles. The van der Waals surface area contributed by atoms with Crippen LogP contribution in [-0.4, -0.2) is 29.9 Å². The third-order valence-electron chi connectivity index (χ3n) is 4.33. The molecular weight excluding hydrogens is 288 g/mol. The van der Waals surface area contributed by atoms with Gasteiger partial charge in [-0.05, 0) is 32.4 Å². The fourth-order valence-corrected chi connectivity index (χ4v) is 3.22. The zero-order valence-electron chi connectivity index (χ0n) is 12.7. The lowest BCUT2D eigenvalue weighted by Crippen LogP contribution is -2.19. The van der Waals surface area contributed by atoms with Crippen LogP contribution in [0.2, 0.25) is 0 Å². The Labute approximate surface area is 130 Å². The van der Waals surface area contributed by atoms with Crippen LogP contribution in [0.1, 0.15) is 37.5 Å². The molecule has 3 rings (SSSR count). The van der Waals surface area contributed by atoms with E-state index in [9.17, 15) is 0 Å². The Balaban J connectivity index is 2.13. The highest BCUT2D eigenvalue weighted by Gasteiger charge is 2.28. The van der Waals surface area contributed by atoms with E-state index in [1.54, 1.807) is 7.11 Å². The Morgan fingerprint density at radius 3 is 2.86 bits per heavy atom. The summed E-state index contributed by atoms with van der Waals surface area (Å²) in [6.45, 7) is 5.84. The summed E-state index contributed by atoms with van der Waals surface area (Å²) in [6.07, 6.45) is 1.08. The van der Waals surface area contributed by atoms with E-state index in [-0.39, 0.29) is 5.38 Å².